The van der Waals surface area contributed by atoms with Crippen molar-refractivity contribution in [2.75, 3.05) is 0 Å². The highest BCUT2D eigenvalue weighted by molar-refractivity contribution is 6.31. The fraction of sp³-hybridized carbons (Fsp3) is 0.462. The van der Waals surface area contributed by atoms with Crippen molar-refractivity contribution in [2.24, 2.45) is 5.73 Å². The lowest BCUT2D eigenvalue weighted by Crippen LogP contribution is -2.50. The Bertz CT molecular complexity index is 552. The summed E-state index contributed by atoms with van der Waals surface area (Å²) in [5.74, 6) is 0.641. The highest BCUT2D eigenvalue weighted by atomic mass is 35.5. The number of fused-ring (bicyclic) bond motifs is 1. The maximum Gasteiger partial charge on any atom is 0.202 e. The first kappa shape index (κ1) is 12.4. The monoisotopic (exact) mass is 252 g/mol. The molecule has 1 aromatic heterocycles. The van der Waals surface area contributed by atoms with Gasteiger partial charge in [-0.15, -0.1) is 0 Å². The van der Waals surface area contributed by atoms with Crippen molar-refractivity contribution in [1.82, 2.24) is 4.98 Å². The number of halogens is 1. The molecule has 0 saturated heterocycles. The normalized spacial score (nSPS) is 13.3. The number of oxazole rings is 1. The smallest absolute Gasteiger partial charge is 0.202 e. The third-order valence-corrected chi connectivity index (χ3v) is 3.73. The van der Waals surface area contributed by atoms with E-state index in [-0.39, 0.29) is 5.41 Å². The van der Waals surface area contributed by atoms with Gasteiger partial charge < -0.3 is 10.2 Å². The molecule has 17 heavy (non-hydrogen) atoms. The number of rotatable bonds is 2. The van der Waals surface area contributed by atoms with Crippen molar-refractivity contribution in [1.29, 1.82) is 0 Å². The lowest BCUT2D eigenvalue weighted by Gasteiger charge is -2.35. The van der Waals surface area contributed by atoms with Crippen LogP contribution in [0.4, 0.5) is 0 Å². The van der Waals surface area contributed by atoms with Crippen LogP contribution in [0, 0.1) is 0 Å². The molecule has 2 N–H and O–H groups in total. The van der Waals surface area contributed by atoms with Crippen LogP contribution in [0.5, 0.6) is 0 Å². The zero-order valence-corrected chi connectivity index (χ0v) is 11.3. The molecule has 0 amide bonds. The number of nitrogens with zero attached hydrogens (tertiary/aromatic N) is 1. The minimum Gasteiger partial charge on any atom is -0.440 e. The van der Waals surface area contributed by atoms with E-state index in [1.807, 2.05) is 33.8 Å². The first-order valence-electron chi connectivity index (χ1n) is 5.57. The van der Waals surface area contributed by atoms with E-state index in [0.717, 1.165) is 11.1 Å². The second kappa shape index (κ2) is 3.72. The average Bonchev–Trinajstić information content (AvgIpc) is 2.58. The number of hydrogen-bond acceptors (Lipinski definition) is 3. The summed E-state index contributed by atoms with van der Waals surface area (Å²) in [5, 5.41) is 0.655. The molecule has 0 bridgehead atoms. The number of hydrogen-bond donors (Lipinski definition) is 1. The summed E-state index contributed by atoms with van der Waals surface area (Å²) in [4.78, 5) is 4.48. The molecule has 1 aromatic carbocycles. The van der Waals surface area contributed by atoms with Crippen LogP contribution in [-0.2, 0) is 5.41 Å². The van der Waals surface area contributed by atoms with E-state index < -0.39 is 5.54 Å². The second-order valence-corrected chi connectivity index (χ2v) is 5.91. The molecule has 0 unspecified atom stereocenters. The Morgan fingerprint density at radius 3 is 2.47 bits per heavy atom. The van der Waals surface area contributed by atoms with Gasteiger partial charge in [0.05, 0.1) is 5.41 Å². The lowest BCUT2D eigenvalue weighted by molar-refractivity contribution is 0.251. The first-order valence-corrected chi connectivity index (χ1v) is 5.95. The van der Waals surface area contributed by atoms with Crippen molar-refractivity contribution in [3.8, 4) is 0 Å². The predicted octanol–water partition coefficient (Wildman–Crippen LogP) is 3.50. The van der Waals surface area contributed by atoms with Crippen LogP contribution in [0.25, 0.3) is 11.1 Å². The molecular formula is C13H17ClN2O. The molecule has 3 nitrogen and oxygen atoms in total. The van der Waals surface area contributed by atoms with Gasteiger partial charge in [-0.25, -0.2) is 4.98 Å². The van der Waals surface area contributed by atoms with E-state index in [0.29, 0.717) is 10.9 Å². The fourth-order valence-electron chi connectivity index (χ4n) is 1.44. The third kappa shape index (κ3) is 2.05. The van der Waals surface area contributed by atoms with E-state index in [4.69, 9.17) is 21.8 Å². The van der Waals surface area contributed by atoms with Gasteiger partial charge in [-0.2, -0.15) is 0 Å². The second-order valence-electron chi connectivity index (χ2n) is 5.48. The van der Waals surface area contributed by atoms with Gasteiger partial charge in [0.15, 0.2) is 5.58 Å². The zero-order valence-electron chi connectivity index (χ0n) is 10.5. The van der Waals surface area contributed by atoms with Crippen LogP contribution in [-0.4, -0.2) is 10.5 Å². The van der Waals surface area contributed by atoms with Crippen LogP contribution >= 0.6 is 11.6 Å². The molecule has 2 aromatic rings. The maximum atomic E-state index is 6.17. The standard InChI is InChI=1S/C13H17ClN2O/c1-12(2,13(3,4)15)11-16-9-7-8(14)5-6-10(9)17-11/h5-7H,15H2,1-4H3. The van der Waals surface area contributed by atoms with E-state index in [1.165, 1.54) is 0 Å². The molecular weight excluding hydrogens is 236 g/mol. The van der Waals surface area contributed by atoms with E-state index >= 15 is 0 Å². The lowest BCUT2D eigenvalue weighted by atomic mass is 9.75. The van der Waals surface area contributed by atoms with E-state index in [2.05, 4.69) is 4.98 Å². The van der Waals surface area contributed by atoms with Gasteiger partial charge in [-0.1, -0.05) is 11.6 Å². The van der Waals surface area contributed by atoms with Gasteiger partial charge in [-0.3, -0.25) is 0 Å². The fourth-order valence-corrected chi connectivity index (χ4v) is 1.61. The minimum absolute atomic E-state index is 0.349. The van der Waals surface area contributed by atoms with E-state index in [9.17, 15) is 0 Å². The Balaban J connectivity index is 2.57. The molecule has 1 heterocycles. The first-order chi connectivity index (χ1) is 7.72. The minimum atomic E-state index is -0.419. The Morgan fingerprint density at radius 1 is 1.24 bits per heavy atom. The molecule has 92 valence electrons. The zero-order chi connectivity index (χ0) is 12.8. The van der Waals surface area contributed by atoms with Crippen LogP contribution in [0.2, 0.25) is 5.02 Å². The molecule has 0 aliphatic rings. The third-order valence-electron chi connectivity index (χ3n) is 3.50. The summed E-state index contributed by atoms with van der Waals surface area (Å²) in [6.07, 6.45) is 0. The summed E-state index contributed by atoms with van der Waals surface area (Å²) >= 11 is 5.93. The van der Waals surface area contributed by atoms with Gasteiger partial charge in [-0.05, 0) is 45.9 Å². The van der Waals surface area contributed by atoms with Crippen LogP contribution in [0.3, 0.4) is 0 Å². The van der Waals surface area contributed by atoms with Gasteiger partial charge >= 0.3 is 0 Å². The summed E-state index contributed by atoms with van der Waals surface area (Å²) in [5.41, 5.74) is 6.91. The molecule has 4 heteroatoms. The Morgan fingerprint density at radius 2 is 1.88 bits per heavy atom. The summed E-state index contributed by atoms with van der Waals surface area (Å²) in [7, 11) is 0. The van der Waals surface area contributed by atoms with Gasteiger partial charge in [0.2, 0.25) is 5.89 Å². The topological polar surface area (TPSA) is 52.0 Å². The van der Waals surface area contributed by atoms with Crippen LogP contribution in [0.15, 0.2) is 22.6 Å². The molecule has 0 fully saturated rings. The number of benzene rings is 1. The Kier molecular flexibility index (Phi) is 2.71. The van der Waals surface area contributed by atoms with E-state index in [1.54, 1.807) is 12.1 Å². The maximum absolute atomic E-state index is 6.17. The quantitative estimate of drug-likeness (QED) is 0.890. The summed E-state index contributed by atoms with van der Waals surface area (Å²) < 4.78 is 5.76. The number of aromatic nitrogens is 1. The highest BCUT2D eigenvalue weighted by Gasteiger charge is 2.39. The highest BCUT2D eigenvalue weighted by Crippen LogP contribution is 2.34. The van der Waals surface area contributed by atoms with Crippen molar-refractivity contribution < 1.29 is 4.42 Å². The SMILES string of the molecule is CC(C)(N)C(C)(C)c1nc2cc(Cl)ccc2o1. The van der Waals surface area contributed by atoms with Crippen LogP contribution in [0.1, 0.15) is 33.6 Å². The molecule has 0 aliphatic carbocycles. The van der Waals surface area contributed by atoms with Crippen molar-refractivity contribution in [3.05, 3.63) is 29.1 Å². The van der Waals surface area contributed by atoms with Crippen molar-refractivity contribution >= 4 is 22.7 Å². The number of nitrogens with two attached hydrogens (primary N) is 1. The molecule has 0 saturated carbocycles. The van der Waals surface area contributed by atoms with Gasteiger partial charge in [0, 0.05) is 10.6 Å². The van der Waals surface area contributed by atoms with Crippen LogP contribution < -0.4 is 5.73 Å². The summed E-state index contributed by atoms with van der Waals surface area (Å²) in [6.45, 7) is 7.99. The predicted molar refractivity (Wildman–Crippen MR) is 70.3 cm³/mol. The molecule has 2 rings (SSSR count). The molecule has 0 atom stereocenters. The molecule has 0 spiro atoms. The van der Waals surface area contributed by atoms with Gasteiger partial charge in [0.1, 0.15) is 5.52 Å². The molecule has 0 radical (unpaired) electrons. The van der Waals surface area contributed by atoms with Crippen molar-refractivity contribution in [2.45, 2.75) is 38.6 Å². The van der Waals surface area contributed by atoms with Crippen molar-refractivity contribution in [3.63, 3.8) is 0 Å². The largest absolute Gasteiger partial charge is 0.440 e. The average molecular weight is 253 g/mol. The Hall–Kier alpha value is -1.06. The van der Waals surface area contributed by atoms with Gasteiger partial charge in [0.25, 0.3) is 0 Å². The molecule has 0 aliphatic heterocycles. The summed E-state index contributed by atoms with van der Waals surface area (Å²) in [6, 6.07) is 5.41. The Labute approximate surface area is 106 Å².